The van der Waals surface area contributed by atoms with Gasteiger partial charge >= 0.3 is 0 Å². The summed E-state index contributed by atoms with van der Waals surface area (Å²) >= 11 is 6.18. The number of hydrogen-bond acceptors (Lipinski definition) is 7. The van der Waals surface area contributed by atoms with Crippen molar-refractivity contribution < 1.29 is 17.5 Å². The highest BCUT2D eigenvalue weighted by molar-refractivity contribution is 7.88. The summed E-state index contributed by atoms with van der Waals surface area (Å²) in [6.07, 6.45) is 1.92. The SMILES string of the molecule is CC(C)CC(NS(C)(=O)=O)c1nc(Cc2cc(-c3ccccc3Cl)on2)no1. The van der Waals surface area contributed by atoms with Crippen LogP contribution in [0.3, 0.4) is 0 Å². The number of aromatic nitrogens is 3. The van der Waals surface area contributed by atoms with Crippen molar-refractivity contribution in [3.63, 3.8) is 0 Å². The lowest BCUT2D eigenvalue weighted by atomic mass is 10.0. The van der Waals surface area contributed by atoms with E-state index in [-0.39, 0.29) is 18.2 Å². The summed E-state index contributed by atoms with van der Waals surface area (Å²) in [5, 5.41) is 8.53. The predicted octanol–water partition coefficient (Wildman–Crippen LogP) is 3.61. The number of sulfonamides is 1. The lowest BCUT2D eigenvalue weighted by Crippen LogP contribution is -2.28. The highest BCUT2D eigenvalue weighted by Gasteiger charge is 2.24. The fourth-order valence-electron chi connectivity index (χ4n) is 2.76. The van der Waals surface area contributed by atoms with Gasteiger partial charge in [-0.05, 0) is 24.5 Å². The molecule has 1 aromatic carbocycles. The summed E-state index contributed by atoms with van der Waals surface area (Å²) in [6, 6.07) is 8.49. The van der Waals surface area contributed by atoms with Crippen molar-refractivity contribution in [1.29, 1.82) is 0 Å². The van der Waals surface area contributed by atoms with Crippen molar-refractivity contribution in [3.8, 4) is 11.3 Å². The van der Waals surface area contributed by atoms with Gasteiger partial charge < -0.3 is 9.05 Å². The van der Waals surface area contributed by atoms with Gasteiger partial charge in [-0.1, -0.05) is 47.9 Å². The highest BCUT2D eigenvalue weighted by Crippen LogP contribution is 2.28. The van der Waals surface area contributed by atoms with E-state index in [0.29, 0.717) is 28.7 Å². The van der Waals surface area contributed by atoms with Gasteiger partial charge in [-0.25, -0.2) is 13.1 Å². The molecule has 0 fully saturated rings. The van der Waals surface area contributed by atoms with E-state index in [9.17, 15) is 8.42 Å². The molecule has 0 saturated carbocycles. The highest BCUT2D eigenvalue weighted by atomic mass is 35.5. The second-order valence-electron chi connectivity index (χ2n) is 6.96. The molecule has 1 atom stereocenters. The van der Waals surface area contributed by atoms with Gasteiger partial charge in [0.25, 0.3) is 0 Å². The summed E-state index contributed by atoms with van der Waals surface area (Å²) in [4.78, 5) is 4.33. The third kappa shape index (κ3) is 5.40. The van der Waals surface area contributed by atoms with Crippen LogP contribution in [0.5, 0.6) is 0 Å². The first-order valence-electron chi connectivity index (χ1n) is 8.71. The van der Waals surface area contributed by atoms with Crippen LogP contribution in [-0.4, -0.2) is 30.0 Å². The molecule has 3 rings (SSSR count). The summed E-state index contributed by atoms with van der Waals surface area (Å²) in [5.41, 5.74) is 1.35. The Morgan fingerprint density at radius 2 is 1.93 bits per heavy atom. The first kappa shape index (κ1) is 20.5. The van der Waals surface area contributed by atoms with Crippen molar-refractivity contribution in [2.24, 2.45) is 5.92 Å². The second kappa shape index (κ2) is 8.42. The average Bonchev–Trinajstić information content (AvgIpc) is 3.23. The third-order valence-corrected chi connectivity index (χ3v) is 4.93. The third-order valence-electron chi connectivity index (χ3n) is 3.88. The van der Waals surface area contributed by atoms with E-state index < -0.39 is 16.1 Å². The second-order valence-corrected chi connectivity index (χ2v) is 9.15. The summed E-state index contributed by atoms with van der Waals surface area (Å²) < 4.78 is 36.4. The maximum Gasteiger partial charge on any atom is 0.244 e. The van der Waals surface area contributed by atoms with E-state index in [1.807, 2.05) is 32.0 Å². The van der Waals surface area contributed by atoms with Crippen molar-refractivity contribution in [3.05, 3.63) is 52.8 Å². The van der Waals surface area contributed by atoms with Crippen LogP contribution in [-0.2, 0) is 16.4 Å². The van der Waals surface area contributed by atoms with E-state index in [0.717, 1.165) is 11.8 Å². The number of benzene rings is 1. The molecule has 0 aliphatic rings. The molecule has 0 aliphatic carbocycles. The van der Waals surface area contributed by atoms with Crippen LogP contribution in [0.25, 0.3) is 11.3 Å². The lowest BCUT2D eigenvalue weighted by Gasteiger charge is -2.15. The first-order chi connectivity index (χ1) is 13.2. The van der Waals surface area contributed by atoms with Crippen LogP contribution in [0.15, 0.2) is 39.4 Å². The van der Waals surface area contributed by atoms with E-state index in [1.54, 1.807) is 12.1 Å². The minimum Gasteiger partial charge on any atom is -0.356 e. The maximum absolute atomic E-state index is 11.6. The number of nitrogens with one attached hydrogen (secondary N) is 1. The number of halogens is 1. The minimum absolute atomic E-state index is 0.226. The molecule has 1 unspecified atom stereocenters. The zero-order valence-corrected chi connectivity index (χ0v) is 17.3. The summed E-state index contributed by atoms with van der Waals surface area (Å²) in [7, 11) is -3.42. The molecule has 150 valence electrons. The molecule has 1 N–H and O–H groups in total. The topological polar surface area (TPSA) is 111 Å². The van der Waals surface area contributed by atoms with Crippen LogP contribution in [0.2, 0.25) is 5.02 Å². The molecule has 0 radical (unpaired) electrons. The molecule has 0 amide bonds. The lowest BCUT2D eigenvalue weighted by molar-refractivity contribution is 0.321. The molecule has 0 bridgehead atoms. The normalized spacial score (nSPS) is 13.2. The van der Waals surface area contributed by atoms with Crippen molar-refractivity contribution in [1.82, 2.24) is 20.0 Å². The molecule has 0 saturated heterocycles. The minimum atomic E-state index is -3.42. The van der Waals surface area contributed by atoms with Gasteiger partial charge in [0.2, 0.25) is 15.9 Å². The van der Waals surface area contributed by atoms with E-state index in [2.05, 4.69) is 20.0 Å². The number of hydrogen-bond donors (Lipinski definition) is 1. The average molecular weight is 425 g/mol. The number of rotatable bonds is 8. The monoisotopic (exact) mass is 424 g/mol. The van der Waals surface area contributed by atoms with Gasteiger partial charge in [-0.15, -0.1) is 0 Å². The smallest absolute Gasteiger partial charge is 0.244 e. The van der Waals surface area contributed by atoms with Crippen LogP contribution >= 0.6 is 11.6 Å². The fraction of sp³-hybridized carbons (Fsp3) is 0.389. The first-order valence-corrected chi connectivity index (χ1v) is 11.0. The van der Waals surface area contributed by atoms with Crippen LogP contribution in [0, 0.1) is 5.92 Å². The molecule has 0 spiro atoms. The van der Waals surface area contributed by atoms with Crippen LogP contribution in [0.1, 0.15) is 43.7 Å². The van der Waals surface area contributed by atoms with Crippen LogP contribution in [0.4, 0.5) is 0 Å². The van der Waals surface area contributed by atoms with Gasteiger partial charge in [-0.3, -0.25) is 0 Å². The molecule has 2 aromatic heterocycles. The molecule has 2 heterocycles. The zero-order valence-electron chi connectivity index (χ0n) is 15.7. The van der Waals surface area contributed by atoms with E-state index >= 15 is 0 Å². The molecule has 10 heteroatoms. The molecule has 28 heavy (non-hydrogen) atoms. The van der Waals surface area contributed by atoms with E-state index in [1.165, 1.54) is 0 Å². The Morgan fingerprint density at radius 3 is 2.61 bits per heavy atom. The summed E-state index contributed by atoms with van der Waals surface area (Å²) in [6.45, 7) is 3.97. The molecule has 3 aromatic rings. The van der Waals surface area contributed by atoms with E-state index in [4.69, 9.17) is 20.6 Å². The Kier molecular flexibility index (Phi) is 6.17. The Morgan fingerprint density at radius 1 is 1.18 bits per heavy atom. The fourth-order valence-corrected chi connectivity index (χ4v) is 3.70. The molecule has 8 nitrogen and oxygen atoms in total. The molecular weight excluding hydrogens is 404 g/mol. The number of nitrogens with zero attached hydrogens (tertiary/aromatic N) is 3. The molecule has 0 aliphatic heterocycles. The summed E-state index contributed by atoms with van der Waals surface area (Å²) in [5.74, 6) is 1.39. The molecular formula is C18H21ClN4O4S. The van der Waals surface area contributed by atoms with Gasteiger partial charge in [0.05, 0.1) is 23.4 Å². The van der Waals surface area contributed by atoms with Gasteiger partial charge in [-0.2, -0.15) is 4.98 Å². The van der Waals surface area contributed by atoms with Gasteiger partial charge in [0, 0.05) is 11.6 Å². The maximum atomic E-state index is 11.6. The Labute approximate surface area is 168 Å². The van der Waals surface area contributed by atoms with Crippen molar-refractivity contribution in [2.75, 3.05) is 6.26 Å². The van der Waals surface area contributed by atoms with Crippen LogP contribution < -0.4 is 4.72 Å². The predicted molar refractivity (Wildman–Crippen MR) is 104 cm³/mol. The van der Waals surface area contributed by atoms with Gasteiger partial charge in [0.1, 0.15) is 6.04 Å². The zero-order chi connectivity index (χ0) is 20.3. The quantitative estimate of drug-likeness (QED) is 0.587. The Hall–Kier alpha value is -2.23. The van der Waals surface area contributed by atoms with Crippen molar-refractivity contribution in [2.45, 2.75) is 32.7 Å². The Bertz CT molecular complexity index is 1050. The van der Waals surface area contributed by atoms with Crippen molar-refractivity contribution >= 4 is 21.6 Å². The standard InChI is InChI=1S/C18H21ClN4O4S/c1-11(2)8-15(23-28(3,24)25)18-20-17(22-27-18)10-12-9-16(26-21-12)13-6-4-5-7-14(13)19/h4-7,9,11,15,23H,8,10H2,1-3H3. The Balaban J connectivity index is 1.76. The van der Waals surface area contributed by atoms with Gasteiger partial charge in [0.15, 0.2) is 11.6 Å². The largest absolute Gasteiger partial charge is 0.356 e.